The third-order valence-electron chi connectivity index (χ3n) is 3.16. The fraction of sp³-hybridized carbons (Fsp3) is 0.917. The number of nitrogens with one attached hydrogen (secondary N) is 1. The van der Waals surface area contributed by atoms with Gasteiger partial charge in [-0.1, -0.05) is 0 Å². The van der Waals surface area contributed by atoms with Crippen molar-refractivity contribution >= 4 is 5.97 Å². The molecule has 1 saturated heterocycles. The lowest BCUT2D eigenvalue weighted by atomic mass is 9.97. The van der Waals surface area contributed by atoms with Crippen molar-refractivity contribution in [2.45, 2.75) is 45.7 Å². The highest BCUT2D eigenvalue weighted by atomic mass is 16.5. The van der Waals surface area contributed by atoms with Gasteiger partial charge in [0.15, 0.2) is 0 Å². The number of nitrogens with zero attached hydrogens (tertiary/aromatic N) is 1. The van der Waals surface area contributed by atoms with Gasteiger partial charge >= 0.3 is 5.97 Å². The summed E-state index contributed by atoms with van der Waals surface area (Å²) in [6.45, 7) is 11.8. The number of piperazine rings is 1. The van der Waals surface area contributed by atoms with Gasteiger partial charge in [-0.15, -0.1) is 0 Å². The van der Waals surface area contributed by atoms with E-state index in [0.29, 0.717) is 13.0 Å². The number of esters is 1. The maximum Gasteiger partial charge on any atom is 0.307 e. The third kappa shape index (κ3) is 3.46. The van der Waals surface area contributed by atoms with E-state index in [1.807, 2.05) is 6.92 Å². The molecule has 0 aromatic heterocycles. The number of rotatable bonds is 4. The molecule has 1 rings (SSSR count). The third-order valence-corrected chi connectivity index (χ3v) is 3.16. The van der Waals surface area contributed by atoms with E-state index in [1.54, 1.807) is 0 Å². The average molecular weight is 228 g/mol. The molecule has 94 valence electrons. The summed E-state index contributed by atoms with van der Waals surface area (Å²) in [4.78, 5) is 13.8. The Balaban J connectivity index is 2.51. The van der Waals surface area contributed by atoms with Gasteiger partial charge in [-0.05, 0) is 27.7 Å². The number of hydrogen-bond acceptors (Lipinski definition) is 4. The van der Waals surface area contributed by atoms with Gasteiger partial charge in [0.1, 0.15) is 0 Å². The monoisotopic (exact) mass is 228 g/mol. The van der Waals surface area contributed by atoms with E-state index in [1.165, 1.54) is 0 Å². The van der Waals surface area contributed by atoms with Crippen LogP contribution in [0.3, 0.4) is 0 Å². The fourth-order valence-electron chi connectivity index (χ4n) is 2.39. The van der Waals surface area contributed by atoms with Crippen LogP contribution in [-0.2, 0) is 9.53 Å². The molecule has 0 bridgehead atoms. The van der Waals surface area contributed by atoms with Crippen molar-refractivity contribution < 1.29 is 9.53 Å². The lowest BCUT2D eigenvalue weighted by Gasteiger charge is -2.46. The van der Waals surface area contributed by atoms with E-state index in [2.05, 4.69) is 31.0 Å². The van der Waals surface area contributed by atoms with Crippen LogP contribution in [0.15, 0.2) is 0 Å². The molecule has 16 heavy (non-hydrogen) atoms. The van der Waals surface area contributed by atoms with Crippen molar-refractivity contribution in [3.63, 3.8) is 0 Å². The highest BCUT2D eigenvalue weighted by Crippen LogP contribution is 2.21. The molecule has 0 saturated carbocycles. The number of carbonyl (C=O) groups is 1. The quantitative estimate of drug-likeness (QED) is 0.729. The van der Waals surface area contributed by atoms with Gasteiger partial charge in [-0.25, -0.2) is 0 Å². The molecule has 1 fully saturated rings. The Morgan fingerprint density at radius 3 is 2.81 bits per heavy atom. The van der Waals surface area contributed by atoms with Crippen LogP contribution in [-0.4, -0.2) is 48.7 Å². The molecule has 1 atom stereocenters. The molecule has 0 spiro atoms. The fourth-order valence-corrected chi connectivity index (χ4v) is 2.39. The molecule has 1 aliphatic rings. The zero-order valence-electron chi connectivity index (χ0n) is 10.9. The van der Waals surface area contributed by atoms with Crippen LogP contribution < -0.4 is 5.32 Å². The van der Waals surface area contributed by atoms with Crippen molar-refractivity contribution in [1.29, 1.82) is 0 Å². The van der Waals surface area contributed by atoms with E-state index < -0.39 is 0 Å². The van der Waals surface area contributed by atoms with E-state index >= 15 is 0 Å². The maximum absolute atomic E-state index is 11.4. The zero-order chi connectivity index (χ0) is 12.2. The molecule has 4 heteroatoms. The first-order chi connectivity index (χ1) is 7.47. The molecule has 1 N–H and O–H groups in total. The van der Waals surface area contributed by atoms with Gasteiger partial charge in [0.25, 0.3) is 0 Å². The van der Waals surface area contributed by atoms with Gasteiger partial charge < -0.3 is 10.1 Å². The molecular weight excluding hydrogens is 204 g/mol. The summed E-state index contributed by atoms with van der Waals surface area (Å²) in [7, 11) is 0. The molecule has 0 amide bonds. The summed E-state index contributed by atoms with van der Waals surface area (Å²) >= 11 is 0. The largest absolute Gasteiger partial charge is 0.466 e. The van der Waals surface area contributed by atoms with E-state index in [0.717, 1.165) is 19.6 Å². The zero-order valence-corrected chi connectivity index (χ0v) is 10.9. The number of carbonyl (C=O) groups excluding carboxylic acids is 1. The molecule has 0 radical (unpaired) electrons. The minimum Gasteiger partial charge on any atom is -0.466 e. The van der Waals surface area contributed by atoms with Gasteiger partial charge in [0, 0.05) is 31.2 Å². The summed E-state index contributed by atoms with van der Waals surface area (Å²) in [6, 6.07) is 0.246. The lowest BCUT2D eigenvalue weighted by Crippen LogP contribution is -2.60. The summed E-state index contributed by atoms with van der Waals surface area (Å²) in [5, 5.41) is 3.38. The van der Waals surface area contributed by atoms with Gasteiger partial charge in [-0.2, -0.15) is 0 Å². The first kappa shape index (κ1) is 13.5. The number of ether oxygens (including phenoxy) is 1. The van der Waals surface area contributed by atoms with Crippen molar-refractivity contribution in [3.8, 4) is 0 Å². The van der Waals surface area contributed by atoms with Gasteiger partial charge in [0.2, 0.25) is 0 Å². The topological polar surface area (TPSA) is 41.6 Å². The summed E-state index contributed by atoms with van der Waals surface area (Å²) in [6.07, 6.45) is 0.483. The second kappa shape index (κ2) is 5.64. The second-order valence-electron chi connectivity index (χ2n) is 5.04. The van der Waals surface area contributed by atoms with Gasteiger partial charge in [-0.3, -0.25) is 9.69 Å². The van der Waals surface area contributed by atoms with Crippen molar-refractivity contribution in [3.05, 3.63) is 0 Å². The standard InChI is InChI=1S/C12H24N2O2/c1-5-16-11(15)8-10(2)14-7-6-13-9-12(14,3)4/h10,13H,5-9H2,1-4H3. The Kier molecular flexibility index (Phi) is 4.74. The minimum absolute atomic E-state index is 0.0932. The maximum atomic E-state index is 11.4. The van der Waals surface area contributed by atoms with Gasteiger partial charge in [0.05, 0.1) is 13.0 Å². The predicted octanol–water partition coefficient (Wildman–Crippen LogP) is 1.01. The number of hydrogen-bond donors (Lipinski definition) is 1. The molecule has 1 aliphatic heterocycles. The van der Waals surface area contributed by atoms with E-state index in [9.17, 15) is 4.79 Å². The van der Waals surface area contributed by atoms with Crippen molar-refractivity contribution in [2.75, 3.05) is 26.2 Å². The Morgan fingerprint density at radius 2 is 2.25 bits per heavy atom. The van der Waals surface area contributed by atoms with Crippen LogP contribution in [0.25, 0.3) is 0 Å². The minimum atomic E-state index is -0.0932. The smallest absolute Gasteiger partial charge is 0.307 e. The van der Waals surface area contributed by atoms with Crippen LogP contribution in [0.4, 0.5) is 0 Å². The SMILES string of the molecule is CCOC(=O)CC(C)N1CCNCC1(C)C. The molecule has 1 heterocycles. The van der Waals surface area contributed by atoms with Crippen LogP contribution in [0.5, 0.6) is 0 Å². The molecule has 0 aromatic carbocycles. The van der Waals surface area contributed by atoms with Crippen molar-refractivity contribution in [1.82, 2.24) is 10.2 Å². The second-order valence-corrected chi connectivity index (χ2v) is 5.04. The Labute approximate surface area is 98.3 Å². The summed E-state index contributed by atoms with van der Waals surface area (Å²) in [5.41, 5.74) is 0.115. The molecule has 0 aliphatic carbocycles. The first-order valence-electron chi connectivity index (χ1n) is 6.10. The summed E-state index contributed by atoms with van der Waals surface area (Å²) < 4.78 is 4.99. The van der Waals surface area contributed by atoms with Crippen LogP contribution >= 0.6 is 0 Å². The molecular formula is C12H24N2O2. The normalized spacial score (nSPS) is 22.8. The van der Waals surface area contributed by atoms with Crippen LogP contribution in [0, 0.1) is 0 Å². The van der Waals surface area contributed by atoms with Crippen LogP contribution in [0.2, 0.25) is 0 Å². The van der Waals surface area contributed by atoms with Crippen LogP contribution in [0.1, 0.15) is 34.1 Å². The van der Waals surface area contributed by atoms with E-state index in [4.69, 9.17) is 4.74 Å². The first-order valence-corrected chi connectivity index (χ1v) is 6.10. The molecule has 0 aromatic rings. The molecule has 1 unspecified atom stereocenters. The Morgan fingerprint density at radius 1 is 1.56 bits per heavy atom. The highest BCUT2D eigenvalue weighted by Gasteiger charge is 2.33. The highest BCUT2D eigenvalue weighted by molar-refractivity contribution is 5.70. The average Bonchev–Trinajstić information content (AvgIpc) is 2.16. The Bertz CT molecular complexity index is 241. The van der Waals surface area contributed by atoms with Crippen molar-refractivity contribution in [2.24, 2.45) is 0 Å². The predicted molar refractivity (Wildman–Crippen MR) is 64.4 cm³/mol. The summed E-state index contributed by atoms with van der Waals surface area (Å²) in [5.74, 6) is -0.0932. The lowest BCUT2D eigenvalue weighted by molar-refractivity contribution is -0.145. The Hall–Kier alpha value is -0.610. The molecule has 4 nitrogen and oxygen atoms in total. The van der Waals surface area contributed by atoms with E-state index in [-0.39, 0.29) is 17.6 Å².